The van der Waals surface area contributed by atoms with Crippen molar-refractivity contribution < 1.29 is 9.53 Å². The van der Waals surface area contributed by atoms with Crippen LogP contribution in [0.15, 0.2) is 5.16 Å². The van der Waals surface area contributed by atoms with E-state index in [2.05, 4.69) is 20.8 Å². The molecule has 0 aliphatic carbocycles. The molecule has 7 nitrogen and oxygen atoms in total. The summed E-state index contributed by atoms with van der Waals surface area (Å²) in [6.45, 7) is 2.26. The Kier molecular flexibility index (Phi) is 4.51. The van der Waals surface area contributed by atoms with Gasteiger partial charge < -0.3 is 10.1 Å². The zero-order chi connectivity index (χ0) is 13.8. The Morgan fingerprint density at radius 3 is 3.15 bits per heavy atom. The largest absolute Gasteiger partial charge is 0.376 e. The topological polar surface area (TPSA) is 81.9 Å². The Balaban J connectivity index is 1.64. The van der Waals surface area contributed by atoms with E-state index < -0.39 is 0 Å². The molecule has 2 atom stereocenters. The highest BCUT2D eigenvalue weighted by molar-refractivity contribution is 8.00. The maximum atomic E-state index is 12.0. The molecule has 2 aliphatic rings. The van der Waals surface area contributed by atoms with Crippen molar-refractivity contribution in [1.29, 1.82) is 0 Å². The van der Waals surface area contributed by atoms with Crippen molar-refractivity contribution in [3.63, 3.8) is 0 Å². The molecule has 0 radical (unpaired) electrons. The van der Waals surface area contributed by atoms with Crippen LogP contribution >= 0.6 is 11.8 Å². The summed E-state index contributed by atoms with van der Waals surface area (Å²) in [5.74, 6) is 0.0965. The Labute approximate surface area is 121 Å². The van der Waals surface area contributed by atoms with Crippen molar-refractivity contribution in [3.8, 4) is 0 Å². The second-order valence-corrected chi connectivity index (χ2v) is 6.34. The van der Waals surface area contributed by atoms with Gasteiger partial charge in [0.15, 0.2) is 0 Å². The van der Waals surface area contributed by atoms with Gasteiger partial charge in [-0.15, -0.1) is 5.10 Å². The van der Waals surface area contributed by atoms with Crippen molar-refractivity contribution in [3.05, 3.63) is 0 Å². The molecule has 3 heterocycles. The van der Waals surface area contributed by atoms with Gasteiger partial charge in [-0.25, -0.2) is 4.68 Å². The van der Waals surface area contributed by atoms with Gasteiger partial charge in [0.05, 0.1) is 17.9 Å². The van der Waals surface area contributed by atoms with Gasteiger partial charge in [-0.1, -0.05) is 18.2 Å². The summed E-state index contributed by atoms with van der Waals surface area (Å²) in [5.41, 5.74) is 0. The van der Waals surface area contributed by atoms with Gasteiger partial charge in [0, 0.05) is 13.2 Å². The number of hydrogen-bond donors (Lipinski definition) is 1. The average Bonchev–Trinajstić information content (AvgIpc) is 3.05. The maximum Gasteiger partial charge on any atom is 0.233 e. The van der Waals surface area contributed by atoms with E-state index in [1.807, 2.05) is 0 Å². The van der Waals surface area contributed by atoms with Crippen LogP contribution in [-0.4, -0.2) is 50.6 Å². The normalized spacial score (nSPS) is 27.3. The van der Waals surface area contributed by atoms with Gasteiger partial charge >= 0.3 is 0 Å². The number of amides is 1. The van der Waals surface area contributed by atoms with E-state index in [9.17, 15) is 4.79 Å². The Morgan fingerprint density at radius 1 is 1.35 bits per heavy atom. The number of nitrogens with one attached hydrogen (secondary N) is 1. The van der Waals surface area contributed by atoms with E-state index >= 15 is 0 Å². The van der Waals surface area contributed by atoms with E-state index in [0.717, 1.165) is 45.3 Å². The number of rotatable bonds is 4. The van der Waals surface area contributed by atoms with Gasteiger partial charge in [0.1, 0.15) is 0 Å². The zero-order valence-corrected chi connectivity index (χ0v) is 12.1. The smallest absolute Gasteiger partial charge is 0.233 e. The summed E-state index contributed by atoms with van der Waals surface area (Å²) in [5, 5.41) is 15.4. The molecule has 1 aromatic rings. The average molecular weight is 297 g/mol. The molecule has 2 fully saturated rings. The summed E-state index contributed by atoms with van der Waals surface area (Å²) >= 11 is 1.46. The summed E-state index contributed by atoms with van der Waals surface area (Å²) < 4.78 is 7.37. The molecule has 1 amide bonds. The number of nitrogens with zero attached hydrogens (tertiary/aromatic N) is 4. The van der Waals surface area contributed by atoms with Crippen LogP contribution < -0.4 is 5.32 Å². The molecular formula is C12H19N5O2S. The molecule has 0 saturated carbocycles. The first-order valence-electron chi connectivity index (χ1n) is 7.15. The van der Waals surface area contributed by atoms with Crippen LogP contribution in [0.3, 0.4) is 0 Å². The highest BCUT2D eigenvalue weighted by atomic mass is 32.2. The molecule has 0 bridgehead atoms. The zero-order valence-electron chi connectivity index (χ0n) is 11.3. The Hall–Kier alpha value is -1.15. The fourth-order valence-electron chi connectivity index (χ4n) is 2.53. The lowest BCUT2D eigenvalue weighted by Crippen LogP contribution is -2.31. The monoisotopic (exact) mass is 297 g/mol. The lowest BCUT2D eigenvalue weighted by molar-refractivity contribution is -0.120. The van der Waals surface area contributed by atoms with Gasteiger partial charge in [-0.3, -0.25) is 4.79 Å². The Morgan fingerprint density at radius 2 is 2.30 bits per heavy atom. The maximum absolute atomic E-state index is 12.0. The summed E-state index contributed by atoms with van der Waals surface area (Å²) in [4.78, 5) is 12.0. The molecule has 2 aliphatic heterocycles. The number of carbonyl (C=O) groups is 1. The second kappa shape index (κ2) is 6.53. The fraction of sp³-hybridized carbons (Fsp3) is 0.833. The summed E-state index contributed by atoms with van der Waals surface area (Å²) in [6.07, 6.45) is 5.32. The molecular weight excluding hydrogens is 278 g/mol. The molecule has 20 heavy (non-hydrogen) atoms. The van der Waals surface area contributed by atoms with Gasteiger partial charge in [-0.05, 0) is 36.1 Å². The molecule has 8 heteroatoms. The van der Waals surface area contributed by atoms with Crippen LogP contribution in [0.25, 0.3) is 0 Å². The molecule has 1 N–H and O–H groups in total. The molecule has 1 aromatic heterocycles. The van der Waals surface area contributed by atoms with Crippen molar-refractivity contribution >= 4 is 17.7 Å². The van der Waals surface area contributed by atoms with Crippen molar-refractivity contribution in [2.75, 3.05) is 13.2 Å². The first-order chi connectivity index (χ1) is 9.83. The predicted molar refractivity (Wildman–Crippen MR) is 73.3 cm³/mol. The molecule has 3 rings (SSSR count). The molecule has 0 spiro atoms. The number of hydrogen-bond acceptors (Lipinski definition) is 6. The second-order valence-electron chi connectivity index (χ2n) is 5.17. The lowest BCUT2D eigenvalue weighted by atomic mass is 10.2. The lowest BCUT2D eigenvalue weighted by Gasteiger charge is -2.13. The number of thioether (sulfide) groups is 1. The number of aromatic nitrogens is 4. The van der Waals surface area contributed by atoms with E-state index in [-0.39, 0.29) is 17.3 Å². The van der Waals surface area contributed by atoms with Gasteiger partial charge in [0.25, 0.3) is 0 Å². The third-order valence-electron chi connectivity index (χ3n) is 3.63. The van der Waals surface area contributed by atoms with E-state index in [4.69, 9.17) is 4.74 Å². The fourth-order valence-corrected chi connectivity index (χ4v) is 3.57. The summed E-state index contributed by atoms with van der Waals surface area (Å²) in [6, 6.07) is 0. The van der Waals surface area contributed by atoms with Crippen molar-refractivity contribution in [2.45, 2.75) is 55.2 Å². The third-order valence-corrected chi connectivity index (χ3v) is 4.87. The van der Waals surface area contributed by atoms with Crippen LogP contribution in [0.5, 0.6) is 0 Å². The van der Waals surface area contributed by atoms with Crippen LogP contribution in [0.2, 0.25) is 0 Å². The number of carbonyl (C=O) groups excluding carboxylic acids is 1. The highest BCUT2D eigenvalue weighted by Crippen LogP contribution is 2.26. The van der Waals surface area contributed by atoms with Crippen LogP contribution in [0.1, 0.15) is 32.1 Å². The van der Waals surface area contributed by atoms with Crippen LogP contribution in [0, 0.1) is 0 Å². The van der Waals surface area contributed by atoms with Gasteiger partial charge in [0.2, 0.25) is 11.1 Å². The molecule has 0 aromatic carbocycles. The first kappa shape index (κ1) is 13.8. The number of tetrazole rings is 1. The van der Waals surface area contributed by atoms with Gasteiger partial charge in [-0.2, -0.15) is 0 Å². The van der Waals surface area contributed by atoms with E-state index in [1.165, 1.54) is 11.8 Å². The van der Waals surface area contributed by atoms with E-state index in [0.29, 0.717) is 11.7 Å². The summed E-state index contributed by atoms with van der Waals surface area (Å²) in [7, 11) is 0. The van der Waals surface area contributed by atoms with Crippen molar-refractivity contribution in [1.82, 2.24) is 25.5 Å². The number of ether oxygens (including phenoxy) is 1. The minimum Gasteiger partial charge on any atom is -0.376 e. The SMILES string of the molecule is O=C1NCCCCC1Sc1nnnn1CC1CCCO1. The van der Waals surface area contributed by atoms with Crippen molar-refractivity contribution in [2.24, 2.45) is 0 Å². The third kappa shape index (κ3) is 3.29. The Bertz CT molecular complexity index is 460. The van der Waals surface area contributed by atoms with Crippen LogP contribution in [0.4, 0.5) is 0 Å². The first-order valence-corrected chi connectivity index (χ1v) is 8.03. The van der Waals surface area contributed by atoms with E-state index in [1.54, 1.807) is 4.68 Å². The standard InChI is InChI=1S/C12H19N5O2S/c18-11-10(5-1-2-6-13-11)20-12-14-15-16-17(12)8-9-4-3-7-19-9/h9-10H,1-8H2,(H,13,18). The van der Waals surface area contributed by atoms with Crippen LogP contribution in [-0.2, 0) is 16.1 Å². The molecule has 2 unspecified atom stereocenters. The molecule has 110 valence electrons. The molecule has 2 saturated heterocycles. The quantitative estimate of drug-likeness (QED) is 0.877. The highest BCUT2D eigenvalue weighted by Gasteiger charge is 2.25. The predicted octanol–water partition coefficient (Wildman–Crippen LogP) is 0.613. The minimum atomic E-state index is -0.0910. The minimum absolute atomic E-state index is 0.0910.